The first kappa shape index (κ1) is 11.4. The average molecular weight is 275 g/mol. The van der Waals surface area contributed by atoms with Gasteiger partial charge in [-0.3, -0.25) is 4.79 Å². The molecule has 2 heterocycles. The number of halogens is 1. The van der Waals surface area contributed by atoms with Crippen molar-refractivity contribution in [2.75, 3.05) is 32.7 Å². The maximum atomic E-state index is 11.5. The van der Waals surface area contributed by atoms with Gasteiger partial charge in [0.15, 0.2) is 0 Å². The highest BCUT2D eigenvalue weighted by Gasteiger charge is 2.27. The van der Waals surface area contributed by atoms with Crippen LogP contribution in [-0.4, -0.2) is 53.3 Å². The average Bonchev–Trinajstić information content (AvgIpc) is 2.77. The van der Waals surface area contributed by atoms with Crippen molar-refractivity contribution in [2.24, 2.45) is 0 Å². The van der Waals surface area contributed by atoms with Gasteiger partial charge in [0.1, 0.15) is 0 Å². The van der Waals surface area contributed by atoms with E-state index >= 15 is 0 Å². The maximum Gasteiger partial charge on any atom is 0.223 e. The maximum absolute atomic E-state index is 11.5. The number of likely N-dealkylation sites (tertiary alicyclic amines) is 2. The van der Waals surface area contributed by atoms with Crippen LogP contribution in [0.25, 0.3) is 0 Å². The molecule has 0 N–H and O–H groups in total. The van der Waals surface area contributed by atoms with E-state index < -0.39 is 0 Å². The van der Waals surface area contributed by atoms with Crippen molar-refractivity contribution in [3.8, 4) is 0 Å². The highest BCUT2D eigenvalue weighted by atomic mass is 79.9. The van der Waals surface area contributed by atoms with Gasteiger partial charge in [0.25, 0.3) is 0 Å². The zero-order chi connectivity index (χ0) is 10.7. The molecule has 3 nitrogen and oxygen atoms in total. The van der Waals surface area contributed by atoms with Gasteiger partial charge in [0.2, 0.25) is 5.91 Å². The SMILES string of the molecule is O=C1CC(Br)CN1CCCN1CCCC1. The predicted octanol–water partition coefficient (Wildman–Crippen LogP) is 1.47. The van der Waals surface area contributed by atoms with Crippen LogP contribution < -0.4 is 0 Å². The van der Waals surface area contributed by atoms with Crippen molar-refractivity contribution in [3.05, 3.63) is 0 Å². The highest BCUT2D eigenvalue weighted by molar-refractivity contribution is 9.09. The molecule has 0 aliphatic carbocycles. The summed E-state index contributed by atoms with van der Waals surface area (Å²) in [6, 6.07) is 0. The first-order chi connectivity index (χ1) is 7.25. The van der Waals surface area contributed by atoms with E-state index in [4.69, 9.17) is 0 Å². The van der Waals surface area contributed by atoms with Crippen LogP contribution in [0.4, 0.5) is 0 Å². The van der Waals surface area contributed by atoms with Gasteiger partial charge in [-0.25, -0.2) is 0 Å². The van der Waals surface area contributed by atoms with Crippen LogP contribution in [0.15, 0.2) is 0 Å². The summed E-state index contributed by atoms with van der Waals surface area (Å²) in [5, 5.41) is 0. The minimum Gasteiger partial charge on any atom is -0.341 e. The molecule has 2 aliphatic heterocycles. The van der Waals surface area contributed by atoms with Crippen LogP contribution in [-0.2, 0) is 4.79 Å². The van der Waals surface area contributed by atoms with E-state index in [-0.39, 0.29) is 0 Å². The molecule has 0 bridgehead atoms. The molecule has 1 atom stereocenters. The molecule has 1 unspecified atom stereocenters. The lowest BCUT2D eigenvalue weighted by Crippen LogP contribution is -2.30. The van der Waals surface area contributed by atoms with E-state index in [2.05, 4.69) is 20.8 Å². The number of alkyl halides is 1. The molecule has 0 aromatic heterocycles. The van der Waals surface area contributed by atoms with Crippen LogP contribution in [0.3, 0.4) is 0 Å². The smallest absolute Gasteiger partial charge is 0.223 e. The minimum absolute atomic E-state index is 0.318. The summed E-state index contributed by atoms with van der Waals surface area (Å²) in [6.07, 6.45) is 4.52. The summed E-state index contributed by atoms with van der Waals surface area (Å²) in [6.45, 7) is 5.52. The normalized spacial score (nSPS) is 27.9. The Kier molecular flexibility index (Phi) is 4.03. The van der Waals surface area contributed by atoms with Crippen molar-refractivity contribution in [1.82, 2.24) is 9.80 Å². The molecule has 1 amide bonds. The van der Waals surface area contributed by atoms with Crippen LogP contribution in [0.5, 0.6) is 0 Å². The van der Waals surface area contributed by atoms with Crippen LogP contribution in [0.1, 0.15) is 25.7 Å². The molecule has 2 saturated heterocycles. The van der Waals surface area contributed by atoms with Gasteiger partial charge in [-0.05, 0) is 38.9 Å². The summed E-state index contributed by atoms with van der Waals surface area (Å²) in [4.78, 5) is 16.4. The largest absolute Gasteiger partial charge is 0.341 e. The quantitative estimate of drug-likeness (QED) is 0.725. The highest BCUT2D eigenvalue weighted by Crippen LogP contribution is 2.18. The Labute approximate surface area is 99.9 Å². The molecular weight excluding hydrogens is 256 g/mol. The number of hydrogen-bond donors (Lipinski definition) is 0. The monoisotopic (exact) mass is 274 g/mol. The number of rotatable bonds is 4. The van der Waals surface area contributed by atoms with Gasteiger partial charge in [-0.2, -0.15) is 0 Å². The third-order valence-corrected chi connectivity index (χ3v) is 3.88. The topological polar surface area (TPSA) is 23.6 Å². The number of hydrogen-bond acceptors (Lipinski definition) is 2. The molecule has 4 heteroatoms. The molecule has 2 fully saturated rings. The predicted molar refractivity (Wildman–Crippen MR) is 64.2 cm³/mol. The van der Waals surface area contributed by atoms with Crippen molar-refractivity contribution in [2.45, 2.75) is 30.5 Å². The number of carbonyl (C=O) groups excluding carboxylic acids is 1. The molecule has 86 valence electrons. The van der Waals surface area contributed by atoms with Gasteiger partial charge < -0.3 is 9.80 Å². The summed E-state index contributed by atoms with van der Waals surface area (Å²) in [5.41, 5.74) is 0. The lowest BCUT2D eigenvalue weighted by molar-refractivity contribution is -0.127. The third kappa shape index (κ3) is 3.18. The summed E-state index contributed by atoms with van der Waals surface area (Å²) in [5.74, 6) is 0.318. The molecular formula is C11H19BrN2O. The van der Waals surface area contributed by atoms with Crippen molar-refractivity contribution in [1.29, 1.82) is 0 Å². The Balaban J connectivity index is 1.63. The van der Waals surface area contributed by atoms with E-state index in [1.165, 1.54) is 25.9 Å². The van der Waals surface area contributed by atoms with Gasteiger partial charge in [-0.1, -0.05) is 15.9 Å². The number of amides is 1. The lowest BCUT2D eigenvalue weighted by Gasteiger charge is -2.19. The Morgan fingerprint density at radius 1 is 1.27 bits per heavy atom. The van der Waals surface area contributed by atoms with Gasteiger partial charge in [0.05, 0.1) is 0 Å². The molecule has 2 rings (SSSR count). The third-order valence-electron chi connectivity index (χ3n) is 3.27. The lowest BCUT2D eigenvalue weighted by atomic mass is 10.3. The Morgan fingerprint density at radius 3 is 2.60 bits per heavy atom. The zero-order valence-corrected chi connectivity index (χ0v) is 10.7. The molecule has 0 spiro atoms. The first-order valence-electron chi connectivity index (χ1n) is 5.90. The van der Waals surface area contributed by atoms with Crippen molar-refractivity contribution >= 4 is 21.8 Å². The first-order valence-corrected chi connectivity index (χ1v) is 6.81. The Hall–Kier alpha value is -0.0900. The second-order valence-corrected chi connectivity index (χ2v) is 5.84. The molecule has 2 aliphatic rings. The van der Waals surface area contributed by atoms with Crippen LogP contribution >= 0.6 is 15.9 Å². The standard InChI is InChI=1S/C11H19BrN2O/c12-10-8-11(15)14(9-10)7-3-6-13-4-1-2-5-13/h10H,1-9H2. The summed E-state index contributed by atoms with van der Waals surface area (Å²) < 4.78 is 0. The Bertz CT molecular complexity index is 229. The van der Waals surface area contributed by atoms with E-state index in [0.717, 1.165) is 26.1 Å². The van der Waals surface area contributed by atoms with E-state index in [1.54, 1.807) is 0 Å². The minimum atomic E-state index is 0.318. The van der Waals surface area contributed by atoms with Crippen molar-refractivity contribution < 1.29 is 4.79 Å². The second-order valence-electron chi connectivity index (χ2n) is 4.54. The Morgan fingerprint density at radius 2 is 2.00 bits per heavy atom. The fraction of sp³-hybridized carbons (Fsp3) is 0.909. The fourth-order valence-corrected chi connectivity index (χ4v) is 3.06. The second kappa shape index (κ2) is 5.30. The summed E-state index contributed by atoms with van der Waals surface area (Å²) in [7, 11) is 0. The zero-order valence-electron chi connectivity index (χ0n) is 9.12. The van der Waals surface area contributed by atoms with Crippen molar-refractivity contribution in [3.63, 3.8) is 0 Å². The fourth-order valence-electron chi connectivity index (χ4n) is 2.43. The van der Waals surface area contributed by atoms with Gasteiger partial charge in [-0.15, -0.1) is 0 Å². The van der Waals surface area contributed by atoms with Gasteiger partial charge >= 0.3 is 0 Å². The van der Waals surface area contributed by atoms with E-state index in [1.807, 2.05) is 4.90 Å². The molecule has 15 heavy (non-hydrogen) atoms. The van der Waals surface area contributed by atoms with Crippen LogP contribution in [0.2, 0.25) is 0 Å². The molecule has 0 aromatic rings. The van der Waals surface area contributed by atoms with Gasteiger partial charge in [0, 0.05) is 24.3 Å². The molecule has 0 saturated carbocycles. The number of nitrogens with zero attached hydrogens (tertiary/aromatic N) is 2. The van der Waals surface area contributed by atoms with Crippen LogP contribution in [0, 0.1) is 0 Å². The van der Waals surface area contributed by atoms with E-state index in [0.29, 0.717) is 17.2 Å². The molecule has 0 radical (unpaired) electrons. The number of carbonyl (C=O) groups is 1. The van der Waals surface area contributed by atoms with E-state index in [9.17, 15) is 4.79 Å². The molecule has 0 aromatic carbocycles. The summed E-state index contributed by atoms with van der Waals surface area (Å²) >= 11 is 3.50.